The zero-order valence-electron chi connectivity index (χ0n) is 12.4. The zero-order chi connectivity index (χ0) is 16.2. The second-order valence-corrected chi connectivity index (χ2v) is 7.77. The molecule has 22 heavy (non-hydrogen) atoms. The number of aliphatic carboxylic acids is 1. The quantitative estimate of drug-likeness (QED) is 0.671. The summed E-state index contributed by atoms with van der Waals surface area (Å²) in [7, 11) is -3.23. The Morgan fingerprint density at radius 1 is 1.36 bits per heavy atom. The molecule has 0 spiro atoms. The standard InChI is InChI=1S/C13H22N2O6S/c16-11(4-6-15-5-2-8-22(15,19)20)14-12(13(17)18)10-3-1-7-21-9-10/h10,12H,1-9H2,(H,14,16)(H,17,18). The minimum Gasteiger partial charge on any atom is -0.480 e. The minimum absolute atomic E-state index is 0.0312. The predicted molar refractivity (Wildman–Crippen MR) is 77.7 cm³/mol. The third kappa shape index (κ3) is 4.40. The molecule has 0 aromatic heterocycles. The van der Waals surface area contributed by atoms with Gasteiger partial charge in [-0.1, -0.05) is 0 Å². The number of carbonyl (C=O) groups is 2. The third-order valence-corrected chi connectivity index (χ3v) is 6.00. The maximum atomic E-state index is 11.9. The lowest BCUT2D eigenvalue weighted by Gasteiger charge is -2.28. The van der Waals surface area contributed by atoms with Crippen LogP contribution in [0.15, 0.2) is 0 Å². The van der Waals surface area contributed by atoms with Crippen LogP contribution in [0.2, 0.25) is 0 Å². The molecule has 0 bridgehead atoms. The van der Waals surface area contributed by atoms with Gasteiger partial charge in [-0.2, -0.15) is 0 Å². The van der Waals surface area contributed by atoms with Gasteiger partial charge in [-0.3, -0.25) is 4.79 Å². The van der Waals surface area contributed by atoms with Gasteiger partial charge in [-0.25, -0.2) is 17.5 Å². The molecule has 126 valence electrons. The van der Waals surface area contributed by atoms with Gasteiger partial charge in [0.05, 0.1) is 12.4 Å². The van der Waals surface area contributed by atoms with E-state index in [0.29, 0.717) is 32.6 Å². The maximum Gasteiger partial charge on any atom is 0.326 e. The highest BCUT2D eigenvalue weighted by molar-refractivity contribution is 7.89. The number of carboxylic acid groups (broad SMARTS) is 1. The van der Waals surface area contributed by atoms with Crippen molar-refractivity contribution in [1.82, 2.24) is 9.62 Å². The van der Waals surface area contributed by atoms with E-state index in [0.717, 1.165) is 6.42 Å². The second-order valence-electron chi connectivity index (χ2n) is 5.68. The minimum atomic E-state index is -3.23. The van der Waals surface area contributed by atoms with Crippen molar-refractivity contribution in [2.45, 2.75) is 31.7 Å². The summed E-state index contributed by atoms with van der Waals surface area (Å²) in [6.07, 6.45) is 2.01. The van der Waals surface area contributed by atoms with Gasteiger partial charge in [0.2, 0.25) is 15.9 Å². The smallest absolute Gasteiger partial charge is 0.326 e. The summed E-state index contributed by atoms with van der Waals surface area (Å²) in [5, 5.41) is 11.8. The van der Waals surface area contributed by atoms with Crippen molar-refractivity contribution in [2.75, 3.05) is 32.1 Å². The van der Waals surface area contributed by atoms with Crippen molar-refractivity contribution >= 4 is 21.9 Å². The van der Waals surface area contributed by atoms with Crippen molar-refractivity contribution in [3.63, 3.8) is 0 Å². The number of carboxylic acids is 1. The van der Waals surface area contributed by atoms with Crippen LogP contribution in [-0.4, -0.2) is 67.8 Å². The molecule has 0 saturated carbocycles. The fraction of sp³-hybridized carbons (Fsp3) is 0.846. The molecule has 2 fully saturated rings. The Labute approximate surface area is 129 Å². The average Bonchev–Trinajstić information content (AvgIpc) is 2.82. The van der Waals surface area contributed by atoms with Gasteiger partial charge >= 0.3 is 5.97 Å². The van der Waals surface area contributed by atoms with Gasteiger partial charge in [0.1, 0.15) is 6.04 Å². The van der Waals surface area contributed by atoms with Gasteiger partial charge in [-0.15, -0.1) is 0 Å². The first-order chi connectivity index (χ1) is 10.4. The molecule has 2 heterocycles. The Balaban J connectivity index is 1.84. The van der Waals surface area contributed by atoms with E-state index in [-0.39, 0.29) is 24.6 Å². The number of sulfonamides is 1. The summed E-state index contributed by atoms with van der Waals surface area (Å²) in [5.74, 6) is -1.66. The van der Waals surface area contributed by atoms with Crippen LogP contribution in [0.25, 0.3) is 0 Å². The highest BCUT2D eigenvalue weighted by Crippen LogP contribution is 2.18. The van der Waals surface area contributed by atoms with E-state index in [1.54, 1.807) is 0 Å². The lowest BCUT2D eigenvalue weighted by Crippen LogP contribution is -2.49. The Hall–Kier alpha value is -1.19. The zero-order valence-corrected chi connectivity index (χ0v) is 13.2. The van der Waals surface area contributed by atoms with Crippen LogP contribution in [0, 0.1) is 5.92 Å². The van der Waals surface area contributed by atoms with E-state index in [9.17, 15) is 23.1 Å². The van der Waals surface area contributed by atoms with Crippen molar-refractivity contribution in [3.05, 3.63) is 0 Å². The average molecular weight is 334 g/mol. The van der Waals surface area contributed by atoms with Crippen molar-refractivity contribution in [2.24, 2.45) is 5.92 Å². The molecule has 2 aliphatic heterocycles. The Morgan fingerprint density at radius 3 is 2.68 bits per heavy atom. The number of hydrogen-bond acceptors (Lipinski definition) is 5. The molecule has 2 aliphatic rings. The number of nitrogens with zero attached hydrogens (tertiary/aromatic N) is 1. The lowest BCUT2D eigenvalue weighted by molar-refractivity contribution is -0.145. The van der Waals surface area contributed by atoms with Gasteiger partial charge < -0.3 is 15.2 Å². The van der Waals surface area contributed by atoms with Gasteiger partial charge in [0.25, 0.3) is 0 Å². The first kappa shape index (κ1) is 17.2. The summed E-state index contributed by atoms with van der Waals surface area (Å²) in [5.41, 5.74) is 0. The number of carbonyl (C=O) groups excluding carboxylic acids is 1. The fourth-order valence-corrected chi connectivity index (χ4v) is 4.35. The van der Waals surface area contributed by atoms with Crippen molar-refractivity contribution in [1.29, 1.82) is 0 Å². The second kappa shape index (κ2) is 7.38. The van der Waals surface area contributed by atoms with Crippen LogP contribution in [0.1, 0.15) is 25.7 Å². The molecule has 9 heteroatoms. The molecule has 2 atom stereocenters. The summed E-state index contributed by atoms with van der Waals surface area (Å²) >= 11 is 0. The molecule has 0 aromatic rings. The first-order valence-corrected chi connectivity index (χ1v) is 9.09. The molecule has 0 radical (unpaired) electrons. The van der Waals surface area contributed by atoms with Crippen molar-refractivity contribution in [3.8, 4) is 0 Å². The molecular formula is C13H22N2O6S. The fourth-order valence-electron chi connectivity index (χ4n) is 2.82. The SMILES string of the molecule is O=C(CCN1CCCS1(=O)=O)NC(C(=O)O)C1CCCOC1. The Bertz CT molecular complexity index is 515. The van der Waals surface area contributed by atoms with E-state index in [1.165, 1.54) is 4.31 Å². The van der Waals surface area contributed by atoms with E-state index >= 15 is 0 Å². The van der Waals surface area contributed by atoms with Crippen LogP contribution in [0.4, 0.5) is 0 Å². The largest absolute Gasteiger partial charge is 0.480 e. The Morgan fingerprint density at radius 2 is 2.14 bits per heavy atom. The molecule has 2 N–H and O–H groups in total. The molecule has 0 aromatic carbocycles. The first-order valence-electron chi connectivity index (χ1n) is 7.48. The number of ether oxygens (including phenoxy) is 1. The van der Waals surface area contributed by atoms with Gasteiger partial charge in [-0.05, 0) is 19.3 Å². The van der Waals surface area contributed by atoms with Crippen LogP contribution >= 0.6 is 0 Å². The van der Waals surface area contributed by atoms with E-state index in [2.05, 4.69) is 5.32 Å². The molecule has 0 aliphatic carbocycles. The highest BCUT2D eigenvalue weighted by atomic mass is 32.2. The number of amides is 1. The van der Waals surface area contributed by atoms with E-state index < -0.39 is 27.9 Å². The highest BCUT2D eigenvalue weighted by Gasteiger charge is 2.32. The summed E-state index contributed by atoms with van der Waals surface area (Å²) in [6.45, 7) is 1.46. The van der Waals surface area contributed by atoms with Crippen LogP contribution < -0.4 is 5.32 Å². The molecule has 2 saturated heterocycles. The normalized spacial score (nSPS) is 26.5. The third-order valence-electron chi connectivity index (χ3n) is 4.04. The summed E-state index contributed by atoms with van der Waals surface area (Å²) in [4.78, 5) is 23.3. The monoisotopic (exact) mass is 334 g/mol. The van der Waals surface area contributed by atoms with Gasteiger partial charge in [0, 0.05) is 32.0 Å². The van der Waals surface area contributed by atoms with Gasteiger partial charge in [0.15, 0.2) is 0 Å². The molecule has 1 amide bonds. The topological polar surface area (TPSA) is 113 Å². The lowest BCUT2D eigenvalue weighted by atomic mass is 9.93. The maximum absolute atomic E-state index is 11.9. The molecule has 2 rings (SSSR count). The van der Waals surface area contributed by atoms with Crippen LogP contribution in [-0.2, 0) is 24.3 Å². The van der Waals surface area contributed by atoms with Crippen molar-refractivity contribution < 1.29 is 27.9 Å². The molecule has 8 nitrogen and oxygen atoms in total. The molecule has 2 unspecified atom stereocenters. The number of hydrogen-bond donors (Lipinski definition) is 2. The summed E-state index contributed by atoms with van der Waals surface area (Å²) in [6, 6.07) is -0.983. The molecular weight excluding hydrogens is 312 g/mol. The van der Waals surface area contributed by atoms with Crippen LogP contribution in [0.5, 0.6) is 0 Å². The van der Waals surface area contributed by atoms with E-state index in [1.807, 2.05) is 0 Å². The van der Waals surface area contributed by atoms with E-state index in [4.69, 9.17) is 4.74 Å². The predicted octanol–water partition coefficient (Wildman–Crippen LogP) is -0.592. The number of nitrogens with one attached hydrogen (secondary N) is 1. The number of rotatable bonds is 6. The summed E-state index contributed by atoms with van der Waals surface area (Å²) < 4.78 is 29.8. The Kier molecular flexibility index (Phi) is 5.76. The van der Waals surface area contributed by atoms with Crippen LogP contribution in [0.3, 0.4) is 0 Å².